The third-order valence-electron chi connectivity index (χ3n) is 5.30. The number of hydrogen-bond acceptors (Lipinski definition) is 5. The van der Waals surface area contributed by atoms with Crippen LogP contribution in [0.5, 0.6) is 0 Å². The second kappa shape index (κ2) is 8.16. The van der Waals surface area contributed by atoms with Crippen molar-refractivity contribution in [1.29, 1.82) is 0 Å². The molecule has 150 valence electrons. The molecule has 29 heavy (non-hydrogen) atoms. The van der Waals surface area contributed by atoms with Gasteiger partial charge in [-0.25, -0.2) is 9.69 Å². The van der Waals surface area contributed by atoms with E-state index < -0.39 is 30.3 Å². The lowest BCUT2D eigenvalue weighted by Gasteiger charge is -2.27. The molecule has 2 aromatic rings. The third-order valence-corrected chi connectivity index (χ3v) is 6.24. The highest BCUT2D eigenvalue weighted by atomic mass is 32.1. The number of aryl methyl sites for hydroxylation is 1. The van der Waals surface area contributed by atoms with Crippen LogP contribution in [0.3, 0.4) is 0 Å². The van der Waals surface area contributed by atoms with Crippen molar-refractivity contribution >= 4 is 35.1 Å². The molecule has 0 spiro atoms. The van der Waals surface area contributed by atoms with Crippen LogP contribution in [0.4, 0.5) is 4.79 Å². The number of benzene rings is 1. The van der Waals surface area contributed by atoms with Gasteiger partial charge in [-0.05, 0) is 41.8 Å². The highest BCUT2D eigenvalue weighted by Crippen LogP contribution is 2.29. The van der Waals surface area contributed by atoms with Gasteiger partial charge < -0.3 is 5.32 Å². The molecule has 1 aromatic carbocycles. The fourth-order valence-corrected chi connectivity index (χ4v) is 4.55. The summed E-state index contributed by atoms with van der Waals surface area (Å²) in [5.74, 6) is -2.26. The molecule has 8 heteroatoms. The summed E-state index contributed by atoms with van der Waals surface area (Å²) in [6.07, 6.45) is 3.22. The summed E-state index contributed by atoms with van der Waals surface area (Å²) >= 11 is 1.52. The molecule has 5 amide bonds. The predicted octanol–water partition coefficient (Wildman–Crippen LogP) is 2.28. The Kier molecular flexibility index (Phi) is 5.44. The van der Waals surface area contributed by atoms with Gasteiger partial charge in [-0.2, -0.15) is 0 Å². The summed E-state index contributed by atoms with van der Waals surface area (Å²) in [5.41, 5.74) is 2.27. The van der Waals surface area contributed by atoms with Crippen molar-refractivity contribution in [2.24, 2.45) is 0 Å². The maximum Gasteiger partial charge on any atom is 0.334 e. The van der Waals surface area contributed by atoms with E-state index in [4.69, 9.17) is 0 Å². The van der Waals surface area contributed by atoms with Crippen LogP contribution in [0.25, 0.3) is 0 Å². The van der Waals surface area contributed by atoms with Crippen LogP contribution in [-0.2, 0) is 27.2 Å². The van der Waals surface area contributed by atoms with Crippen LogP contribution in [-0.4, -0.2) is 46.6 Å². The fourth-order valence-electron chi connectivity index (χ4n) is 3.85. The van der Waals surface area contributed by atoms with Gasteiger partial charge in [0.2, 0.25) is 5.91 Å². The standard InChI is InChI=1S/C21H21N3O4S/c25-18(22-17-9-3-6-14-5-1-2-8-16(14)17)13-24-20(27)19(26)23(21(24)28)11-10-15-7-4-12-29-15/h1-2,4-5,7-8,12,17H,3,6,9-11,13H2,(H,22,25). The Labute approximate surface area is 172 Å². The second-order valence-corrected chi connectivity index (χ2v) is 8.20. The van der Waals surface area contributed by atoms with Crippen molar-refractivity contribution in [3.8, 4) is 0 Å². The highest BCUT2D eigenvalue weighted by Gasteiger charge is 2.45. The van der Waals surface area contributed by atoms with E-state index in [1.807, 2.05) is 41.8 Å². The molecule has 1 aliphatic heterocycles. The fraction of sp³-hybridized carbons (Fsp3) is 0.333. The maximum atomic E-state index is 12.5. The molecule has 1 saturated heterocycles. The Morgan fingerprint density at radius 1 is 1.07 bits per heavy atom. The van der Waals surface area contributed by atoms with E-state index in [0.29, 0.717) is 6.42 Å². The van der Waals surface area contributed by atoms with Gasteiger partial charge in [-0.15, -0.1) is 11.3 Å². The lowest BCUT2D eigenvalue weighted by atomic mass is 9.88. The van der Waals surface area contributed by atoms with E-state index in [-0.39, 0.29) is 12.6 Å². The number of fused-ring (bicyclic) bond motifs is 1. The minimum Gasteiger partial charge on any atom is -0.348 e. The van der Waals surface area contributed by atoms with Gasteiger partial charge in [0.1, 0.15) is 6.54 Å². The molecule has 1 aliphatic carbocycles. The SMILES string of the molecule is O=C(CN1C(=O)C(=O)N(CCc2cccs2)C1=O)NC1CCCc2ccccc21. The number of nitrogens with zero attached hydrogens (tertiary/aromatic N) is 2. The molecule has 0 saturated carbocycles. The topological polar surface area (TPSA) is 86.8 Å². The lowest BCUT2D eigenvalue weighted by molar-refractivity contribution is -0.144. The van der Waals surface area contributed by atoms with Crippen molar-refractivity contribution in [3.63, 3.8) is 0 Å². The van der Waals surface area contributed by atoms with Crippen LogP contribution < -0.4 is 5.32 Å². The third kappa shape index (κ3) is 3.93. The monoisotopic (exact) mass is 411 g/mol. The average Bonchev–Trinajstić information content (AvgIpc) is 3.31. The summed E-state index contributed by atoms with van der Waals surface area (Å²) in [5, 5.41) is 4.82. The molecule has 2 heterocycles. The molecule has 1 atom stereocenters. The molecular weight excluding hydrogens is 390 g/mol. The number of thiophene rings is 1. The Bertz CT molecular complexity index is 957. The molecular formula is C21H21N3O4S. The Morgan fingerprint density at radius 3 is 2.66 bits per heavy atom. The van der Waals surface area contributed by atoms with Gasteiger partial charge in [-0.3, -0.25) is 19.3 Å². The van der Waals surface area contributed by atoms with Crippen LogP contribution in [0.15, 0.2) is 41.8 Å². The average molecular weight is 411 g/mol. The largest absolute Gasteiger partial charge is 0.348 e. The predicted molar refractivity (Wildman–Crippen MR) is 107 cm³/mol. The summed E-state index contributed by atoms with van der Waals surface area (Å²) in [6.45, 7) is -0.324. The van der Waals surface area contributed by atoms with Gasteiger partial charge in [0.25, 0.3) is 0 Å². The summed E-state index contributed by atoms with van der Waals surface area (Å²) in [4.78, 5) is 52.2. The number of nitrogens with one attached hydrogen (secondary N) is 1. The summed E-state index contributed by atoms with van der Waals surface area (Å²) in [6, 6.07) is 10.9. The van der Waals surface area contributed by atoms with E-state index in [9.17, 15) is 19.2 Å². The number of carbonyl (C=O) groups is 4. The van der Waals surface area contributed by atoms with Gasteiger partial charge >= 0.3 is 17.8 Å². The molecule has 0 radical (unpaired) electrons. The molecule has 1 aromatic heterocycles. The number of hydrogen-bond donors (Lipinski definition) is 1. The number of carbonyl (C=O) groups excluding carboxylic acids is 4. The molecule has 7 nitrogen and oxygen atoms in total. The summed E-state index contributed by atoms with van der Waals surface area (Å²) < 4.78 is 0. The summed E-state index contributed by atoms with van der Waals surface area (Å²) in [7, 11) is 0. The maximum absolute atomic E-state index is 12.5. The second-order valence-electron chi connectivity index (χ2n) is 7.17. The number of imide groups is 2. The lowest BCUT2D eigenvalue weighted by Crippen LogP contribution is -2.43. The van der Waals surface area contributed by atoms with E-state index >= 15 is 0 Å². The van der Waals surface area contributed by atoms with Crippen molar-refractivity contribution in [1.82, 2.24) is 15.1 Å². The van der Waals surface area contributed by atoms with E-state index in [0.717, 1.165) is 39.5 Å². The molecule has 0 bridgehead atoms. The van der Waals surface area contributed by atoms with Gasteiger partial charge in [-0.1, -0.05) is 30.3 Å². The molecule has 1 fully saturated rings. The number of urea groups is 1. The van der Waals surface area contributed by atoms with E-state index in [1.54, 1.807) is 0 Å². The van der Waals surface area contributed by atoms with E-state index in [1.165, 1.54) is 16.9 Å². The van der Waals surface area contributed by atoms with Crippen molar-refractivity contribution in [2.75, 3.05) is 13.1 Å². The molecule has 4 rings (SSSR count). The quantitative estimate of drug-likeness (QED) is 0.584. The van der Waals surface area contributed by atoms with Crippen LogP contribution in [0.2, 0.25) is 0 Å². The van der Waals surface area contributed by atoms with Gasteiger partial charge in [0, 0.05) is 17.8 Å². The van der Waals surface area contributed by atoms with Crippen LogP contribution in [0, 0.1) is 0 Å². The minimum atomic E-state index is -0.944. The van der Waals surface area contributed by atoms with Crippen LogP contribution >= 0.6 is 11.3 Å². The minimum absolute atomic E-state index is 0.123. The Balaban J connectivity index is 1.38. The van der Waals surface area contributed by atoms with Crippen molar-refractivity contribution in [2.45, 2.75) is 31.7 Å². The first-order valence-corrected chi connectivity index (χ1v) is 10.5. The smallest absolute Gasteiger partial charge is 0.334 e. The van der Waals surface area contributed by atoms with E-state index in [2.05, 4.69) is 5.32 Å². The molecule has 2 aliphatic rings. The van der Waals surface area contributed by atoms with Crippen LogP contribution in [0.1, 0.15) is 34.9 Å². The number of amides is 5. The zero-order valence-electron chi connectivity index (χ0n) is 15.8. The van der Waals surface area contributed by atoms with Crippen molar-refractivity contribution < 1.29 is 19.2 Å². The Hall–Kier alpha value is -3.00. The van der Waals surface area contributed by atoms with Gasteiger partial charge in [0.05, 0.1) is 6.04 Å². The molecule has 1 N–H and O–H groups in total. The first kappa shape index (κ1) is 19.3. The zero-order chi connectivity index (χ0) is 20.4. The number of rotatable bonds is 6. The normalized spacial score (nSPS) is 18.9. The zero-order valence-corrected chi connectivity index (χ0v) is 16.6. The first-order valence-electron chi connectivity index (χ1n) is 9.61. The van der Waals surface area contributed by atoms with Crippen molar-refractivity contribution in [3.05, 3.63) is 57.8 Å². The Morgan fingerprint density at radius 2 is 1.86 bits per heavy atom. The molecule has 1 unspecified atom stereocenters. The van der Waals surface area contributed by atoms with Gasteiger partial charge in [0.15, 0.2) is 0 Å². The highest BCUT2D eigenvalue weighted by molar-refractivity contribution is 7.09. The first-order chi connectivity index (χ1) is 14.0.